The molecule has 0 aliphatic carbocycles. The van der Waals surface area contributed by atoms with Crippen LogP contribution in [0, 0.1) is 11.8 Å². The average Bonchev–Trinajstić information content (AvgIpc) is 2.69. The molecule has 6 nitrogen and oxygen atoms in total. The van der Waals surface area contributed by atoms with Crippen molar-refractivity contribution in [3.8, 4) is 0 Å². The first kappa shape index (κ1) is 20.8. The van der Waals surface area contributed by atoms with E-state index in [1.807, 2.05) is 17.0 Å². The lowest BCUT2D eigenvalue weighted by Crippen LogP contribution is -2.42. The molecule has 1 N–H and O–H groups in total. The number of pyridine rings is 1. The second-order valence-electron chi connectivity index (χ2n) is 8.81. The second-order valence-corrected chi connectivity index (χ2v) is 8.81. The standard InChI is InChI=1S/C22H34N4O2/c1-16(2)13-20(27)18-5-4-10-26(15-18)22(28)17-6-7-21(23-14-17)24-19-8-11-25(3)12-9-19/h6-7,14,16,18-19H,4-5,8-13,15H2,1-3H3,(H,23,24)/t18-/m1/s1. The van der Waals surface area contributed by atoms with Gasteiger partial charge in [0.2, 0.25) is 0 Å². The number of nitrogens with zero attached hydrogens (tertiary/aromatic N) is 3. The van der Waals surface area contributed by atoms with Crippen molar-refractivity contribution in [2.24, 2.45) is 11.8 Å². The molecule has 1 aromatic heterocycles. The molecule has 0 radical (unpaired) electrons. The molecule has 0 saturated carbocycles. The van der Waals surface area contributed by atoms with E-state index in [1.165, 1.54) is 0 Å². The smallest absolute Gasteiger partial charge is 0.255 e. The van der Waals surface area contributed by atoms with Crippen molar-refractivity contribution in [2.75, 3.05) is 38.5 Å². The topological polar surface area (TPSA) is 65.5 Å². The van der Waals surface area contributed by atoms with Crippen LogP contribution in [0.3, 0.4) is 0 Å². The first-order valence-electron chi connectivity index (χ1n) is 10.7. The molecule has 0 aromatic carbocycles. The third-order valence-corrected chi connectivity index (χ3v) is 5.85. The highest BCUT2D eigenvalue weighted by Crippen LogP contribution is 2.22. The fourth-order valence-electron chi connectivity index (χ4n) is 4.14. The summed E-state index contributed by atoms with van der Waals surface area (Å²) in [6.07, 6.45) is 6.28. The number of rotatable bonds is 6. The number of piperidine rings is 2. The normalized spacial score (nSPS) is 21.7. The number of aromatic nitrogens is 1. The molecule has 28 heavy (non-hydrogen) atoms. The quantitative estimate of drug-likeness (QED) is 0.814. The van der Waals surface area contributed by atoms with Gasteiger partial charge in [-0.2, -0.15) is 0 Å². The highest BCUT2D eigenvalue weighted by molar-refractivity contribution is 5.94. The molecule has 0 unspecified atom stereocenters. The summed E-state index contributed by atoms with van der Waals surface area (Å²) < 4.78 is 0. The van der Waals surface area contributed by atoms with Crippen LogP contribution < -0.4 is 5.32 Å². The molecule has 1 aromatic rings. The summed E-state index contributed by atoms with van der Waals surface area (Å²) in [5.74, 6) is 1.46. The third-order valence-electron chi connectivity index (χ3n) is 5.85. The van der Waals surface area contributed by atoms with Crippen LogP contribution in [0.4, 0.5) is 5.82 Å². The highest BCUT2D eigenvalue weighted by atomic mass is 16.2. The predicted octanol–water partition coefficient (Wildman–Crippen LogP) is 3.06. The van der Waals surface area contributed by atoms with Gasteiger partial charge in [-0.3, -0.25) is 9.59 Å². The number of anilines is 1. The Kier molecular flexibility index (Phi) is 7.05. The van der Waals surface area contributed by atoms with Crippen LogP contribution in [-0.4, -0.2) is 65.7 Å². The highest BCUT2D eigenvalue weighted by Gasteiger charge is 2.29. The Morgan fingerprint density at radius 3 is 2.57 bits per heavy atom. The number of likely N-dealkylation sites (tertiary alicyclic amines) is 2. The van der Waals surface area contributed by atoms with Crippen LogP contribution in [0.5, 0.6) is 0 Å². The van der Waals surface area contributed by atoms with E-state index in [4.69, 9.17) is 0 Å². The zero-order chi connectivity index (χ0) is 20.1. The van der Waals surface area contributed by atoms with Gasteiger partial charge < -0.3 is 15.1 Å². The molecule has 2 aliphatic rings. The van der Waals surface area contributed by atoms with Crippen LogP contribution in [0.25, 0.3) is 0 Å². The molecule has 6 heteroatoms. The van der Waals surface area contributed by atoms with Crippen molar-refractivity contribution in [2.45, 2.75) is 52.0 Å². The molecular formula is C22H34N4O2. The Balaban J connectivity index is 1.55. The molecule has 3 heterocycles. The molecule has 2 saturated heterocycles. The monoisotopic (exact) mass is 386 g/mol. The number of Topliss-reactive ketones (excluding diaryl/α,β-unsaturated/α-hetero) is 1. The van der Waals surface area contributed by atoms with Crippen LogP contribution >= 0.6 is 0 Å². The van der Waals surface area contributed by atoms with Gasteiger partial charge >= 0.3 is 0 Å². The second kappa shape index (κ2) is 9.50. The number of hydrogen-bond donors (Lipinski definition) is 1. The first-order valence-corrected chi connectivity index (χ1v) is 10.7. The maximum atomic E-state index is 12.9. The molecule has 1 atom stereocenters. The van der Waals surface area contributed by atoms with E-state index in [-0.39, 0.29) is 11.8 Å². The molecule has 1 amide bonds. The van der Waals surface area contributed by atoms with Gasteiger partial charge in [-0.25, -0.2) is 4.98 Å². The van der Waals surface area contributed by atoms with Gasteiger partial charge in [0, 0.05) is 37.7 Å². The molecule has 0 spiro atoms. The lowest BCUT2D eigenvalue weighted by Gasteiger charge is -2.32. The number of carbonyl (C=O) groups excluding carboxylic acids is 2. The van der Waals surface area contributed by atoms with Crippen molar-refractivity contribution in [3.63, 3.8) is 0 Å². The lowest BCUT2D eigenvalue weighted by molar-refractivity contribution is -0.124. The number of carbonyl (C=O) groups is 2. The molecular weight excluding hydrogens is 352 g/mol. The minimum absolute atomic E-state index is 0.0135. The van der Waals surface area contributed by atoms with Crippen molar-refractivity contribution in [1.82, 2.24) is 14.8 Å². The van der Waals surface area contributed by atoms with Crippen molar-refractivity contribution in [3.05, 3.63) is 23.9 Å². The summed E-state index contributed by atoms with van der Waals surface area (Å²) >= 11 is 0. The van der Waals surface area contributed by atoms with E-state index in [1.54, 1.807) is 6.20 Å². The Bertz CT molecular complexity index is 666. The van der Waals surface area contributed by atoms with Crippen molar-refractivity contribution >= 4 is 17.5 Å². The number of nitrogens with one attached hydrogen (secondary N) is 1. The summed E-state index contributed by atoms with van der Waals surface area (Å²) in [5.41, 5.74) is 0.603. The molecule has 154 valence electrons. The maximum absolute atomic E-state index is 12.9. The summed E-state index contributed by atoms with van der Waals surface area (Å²) in [6.45, 7) is 7.59. The largest absolute Gasteiger partial charge is 0.367 e. The number of hydrogen-bond acceptors (Lipinski definition) is 5. The Labute approximate surface area is 168 Å². The zero-order valence-electron chi connectivity index (χ0n) is 17.5. The fourth-order valence-corrected chi connectivity index (χ4v) is 4.14. The summed E-state index contributed by atoms with van der Waals surface area (Å²) in [7, 11) is 2.15. The Hall–Kier alpha value is -1.95. The molecule has 2 fully saturated rings. The van der Waals surface area contributed by atoms with E-state index < -0.39 is 0 Å². The van der Waals surface area contributed by atoms with Crippen molar-refractivity contribution in [1.29, 1.82) is 0 Å². The fraction of sp³-hybridized carbons (Fsp3) is 0.682. The van der Waals surface area contributed by atoms with Gasteiger partial charge in [0.1, 0.15) is 11.6 Å². The third kappa shape index (κ3) is 5.53. The Morgan fingerprint density at radius 1 is 1.18 bits per heavy atom. The minimum Gasteiger partial charge on any atom is -0.367 e. The van der Waals surface area contributed by atoms with E-state index in [2.05, 4.69) is 36.1 Å². The van der Waals surface area contributed by atoms with Crippen LogP contribution in [-0.2, 0) is 4.79 Å². The van der Waals surface area contributed by atoms with Gasteiger partial charge in [-0.05, 0) is 63.9 Å². The van der Waals surface area contributed by atoms with Gasteiger partial charge in [-0.1, -0.05) is 13.8 Å². The van der Waals surface area contributed by atoms with Crippen LogP contribution in [0.1, 0.15) is 56.3 Å². The van der Waals surface area contributed by atoms with Crippen LogP contribution in [0.15, 0.2) is 18.3 Å². The SMILES string of the molecule is CC(C)CC(=O)[C@@H]1CCCN(C(=O)c2ccc(NC3CCN(C)CC3)nc2)C1. The van der Waals surface area contributed by atoms with Gasteiger partial charge in [0.15, 0.2) is 0 Å². The van der Waals surface area contributed by atoms with Gasteiger partial charge in [0.25, 0.3) is 5.91 Å². The molecule has 0 bridgehead atoms. The number of ketones is 1. The first-order chi connectivity index (χ1) is 13.4. The van der Waals surface area contributed by atoms with Gasteiger partial charge in [0.05, 0.1) is 5.56 Å². The van der Waals surface area contributed by atoms with E-state index in [9.17, 15) is 9.59 Å². The maximum Gasteiger partial charge on any atom is 0.255 e. The summed E-state index contributed by atoms with van der Waals surface area (Å²) in [4.78, 5) is 33.9. The zero-order valence-corrected chi connectivity index (χ0v) is 17.5. The van der Waals surface area contributed by atoms with Gasteiger partial charge in [-0.15, -0.1) is 0 Å². The van der Waals surface area contributed by atoms with Crippen LogP contribution in [0.2, 0.25) is 0 Å². The molecule has 3 rings (SSSR count). The number of amides is 1. The van der Waals surface area contributed by atoms with E-state index in [0.717, 1.165) is 51.1 Å². The summed E-state index contributed by atoms with van der Waals surface area (Å²) in [6, 6.07) is 4.20. The van der Waals surface area contributed by atoms with Crippen molar-refractivity contribution < 1.29 is 9.59 Å². The Morgan fingerprint density at radius 2 is 1.93 bits per heavy atom. The predicted molar refractivity (Wildman–Crippen MR) is 111 cm³/mol. The van der Waals surface area contributed by atoms with E-state index in [0.29, 0.717) is 36.3 Å². The van der Waals surface area contributed by atoms with E-state index >= 15 is 0 Å². The molecule has 2 aliphatic heterocycles. The summed E-state index contributed by atoms with van der Waals surface area (Å²) in [5, 5.41) is 3.48. The average molecular weight is 387 g/mol. The lowest BCUT2D eigenvalue weighted by atomic mass is 9.89. The minimum atomic E-state index is -0.0153.